The van der Waals surface area contributed by atoms with Crippen molar-refractivity contribution in [2.45, 2.75) is 19.3 Å². The lowest BCUT2D eigenvalue weighted by molar-refractivity contribution is -0.119. The number of carbonyl (C=O) groups is 2. The van der Waals surface area contributed by atoms with Gasteiger partial charge in [-0.3, -0.25) is 4.79 Å². The summed E-state index contributed by atoms with van der Waals surface area (Å²) in [7, 11) is 0. The Morgan fingerprint density at radius 2 is 1.67 bits per heavy atom. The summed E-state index contributed by atoms with van der Waals surface area (Å²) in [5, 5.41) is 2.86. The standard InChI is InChI=1S/C19H19Cl2N3O3/c20-16-10-13(11-17(21)23-16)19(26)27-12-18(25)22-14-4-6-15(7-5-14)24-8-2-1-3-9-24/h4-7,10-11H,1-3,8-9,12H2,(H,22,25). The molecule has 6 nitrogen and oxygen atoms in total. The molecule has 1 fully saturated rings. The van der Waals surface area contributed by atoms with Crippen LogP contribution >= 0.6 is 23.2 Å². The smallest absolute Gasteiger partial charge is 0.338 e. The van der Waals surface area contributed by atoms with Crippen molar-refractivity contribution in [2.75, 3.05) is 29.9 Å². The summed E-state index contributed by atoms with van der Waals surface area (Å²) < 4.78 is 4.99. The lowest BCUT2D eigenvalue weighted by Gasteiger charge is -2.28. The third-order valence-electron chi connectivity index (χ3n) is 4.21. The van der Waals surface area contributed by atoms with Crippen LogP contribution in [0.15, 0.2) is 36.4 Å². The number of anilines is 2. The van der Waals surface area contributed by atoms with Crippen molar-refractivity contribution in [1.82, 2.24) is 4.98 Å². The molecule has 8 heteroatoms. The van der Waals surface area contributed by atoms with Crippen LogP contribution in [-0.2, 0) is 9.53 Å². The molecular formula is C19H19Cl2N3O3. The van der Waals surface area contributed by atoms with E-state index in [0.717, 1.165) is 18.8 Å². The van der Waals surface area contributed by atoms with Gasteiger partial charge in [0.15, 0.2) is 6.61 Å². The molecule has 0 aliphatic carbocycles. The normalized spacial score (nSPS) is 13.9. The van der Waals surface area contributed by atoms with Crippen LogP contribution in [0, 0.1) is 0 Å². The second-order valence-electron chi connectivity index (χ2n) is 6.22. The zero-order valence-electron chi connectivity index (χ0n) is 14.6. The van der Waals surface area contributed by atoms with E-state index >= 15 is 0 Å². The predicted octanol–water partition coefficient (Wildman–Crippen LogP) is 4.17. The zero-order chi connectivity index (χ0) is 19.2. The first-order valence-corrected chi connectivity index (χ1v) is 9.42. The van der Waals surface area contributed by atoms with Gasteiger partial charge in [-0.15, -0.1) is 0 Å². The van der Waals surface area contributed by atoms with Crippen LogP contribution in [0.2, 0.25) is 10.3 Å². The van der Waals surface area contributed by atoms with Gasteiger partial charge < -0.3 is 15.0 Å². The van der Waals surface area contributed by atoms with Gasteiger partial charge in [0, 0.05) is 24.5 Å². The van der Waals surface area contributed by atoms with Gasteiger partial charge in [-0.25, -0.2) is 9.78 Å². The molecule has 1 saturated heterocycles. The highest BCUT2D eigenvalue weighted by molar-refractivity contribution is 6.32. The number of hydrogen-bond donors (Lipinski definition) is 1. The van der Waals surface area contributed by atoms with Crippen molar-refractivity contribution >= 4 is 46.5 Å². The van der Waals surface area contributed by atoms with E-state index in [4.69, 9.17) is 27.9 Å². The molecule has 0 spiro atoms. The fraction of sp³-hybridized carbons (Fsp3) is 0.316. The van der Waals surface area contributed by atoms with Crippen molar-refractivity contribution in [2.24, 2.45) is 0 Å². The third-order valence-corrected chi connectivity index (χ3v) is 4.59. The number of ether oxygens (including phenoxy) is 1. The van der Waals surface area contributed by atoms with E-state index in [9.17, 15) is 9.59 Å². The second-order valence-corrected chi connectivity index (χ2v) is 6.99. The summed E-state index contributed by atoms with van der Waals surface area (Å²) in [6.07, 6.45) is 3.69. The summed E-state index contributed by atoms with van der Waals surface area (Å²) in [6.45, 7) is 1.71. The Bertz CT molecular complexity index is 801. The van der Waals surface area contributed by atoms with Crippen LogP contribution in [0.1, 0.15) is 29.6 Å². The van der Waals surface area contributed by atoms with E-state index in [0.29, 0.717) is 5.69 Å². The molecule has 27 heavy (non-hydrogen) atoms. The Kier molecular flexibility index (Phi) is 6.53. The zero-order valence-corrected chi connectivity index (χ0v) is 16.1. The topological polar surface area (TPSA) is 71.5 Å². The van der Waals surface area contributed by atoms with Crippen molar-refractivity contribution in [3.05, 3.63) is 52.3 Å². The number of halogens is 2. The summed E-state index contributed by atoms with van der Waals surface area (Å²) >= 11 is 11.5. The molecule has 1 aliphatic heterocycles. The van der Waals surface area contributed by atoms with Crippen LogP contribution in [0.3, 0.4) is 0 Å². The van der Waals surface area contributed by atoms with Crippen LogP contribution in [0.5, 0.6) is 0 Å². The van der Waals surface area contributed by atoms with E-state index in [2.05, 4.69) is 15.2 Å². The number of piperidine rings is 1. The van der Waals surface area contributed by atoms with Crippen molar-refractivity contribution in [3.8, 4) is 0 Å². The fourth-order valence-electron chi connectivity index (χ4n) is 2.90. The molecule has 0 bridgehead atoms. The highest BCUT2D eigenvalue weighted by atomic mass is 35.5. The van der Waals surface area contributed by atoms with E-state index in [1.807, 2.05) is 24.3 Å². The van der Waals surface area contributed by atoms with Gasteiger partial charge in [-0.1, -0.05) is 23.2 Å². The maximum atomic E-state index is 12.0. The number of aromatic nitrogens is 1. The number of esters is 1. The van der Waals surface area contributed by atoms with Gasteiger partial charge >= 0.3 is 5.97 Å². The Hall–Kier alpha value is -2.31. The summed E-state index contributed by atoms with van der Waals surface area (Å²) in [6, 6.07) is 10.3. The number of hydrogen-bond acceptors (Lipinski definition) is 5. The average Bonchev–Trinajstić information content (AvgIpc) is 2.66. The highest BCUT2D eigenvalue weighted by Crippen LogP contribution is 2.22. The molecular weight excluding hydrogens is 389 g/mol. The number of benzene rings is 1. The fourth-order valence-corrected chi connectivity index (χ4v) is 3.36. The molecule has 0 unspecified atom stereocenters. The highest BCUT2D eigenvalue weighted by Gasteiger charge is 2.14. The second kappa shape index (κ2) is 9.06. The van der Waals surface area contributed by atoms with E-state index in [1.54, 1.807) is 0 Å². The van der Waals surface area contributed by atoms with Crippen molar-refractivity contribution in [1.29, 1.82) is 0 Å². The third kappa shape index (κ3) is 5.58. The molecule has 1 aliphatic rings. The maximum Gasteiger partial charge on any atom is 0.338 e. The number of rotatable bonds is 5. The molecule has 2 heterocycles. The number of nitrogens with zero attached hydrogens (tertiary/aromatic N) is 2. The molecule has 0 atom stereocenters. The summed E-state index contributed by atoms with van der Waals surface area (Å²) in [5.41, 5.74) is 1.93. The molecule has 1 aromatic carbocycles. The number of amides is 1. The molecule has 1 N–H and O–H groups in total. The van der Waals surface area contributed by atoms with Gasteiger partial charge in [0.1, 0.15) is 10.3 Å². The summed E-state index contributed by atoms with van der Waals surface area (Å²) in [5.74, 6) is -1.13. The van der Waals surface area contributed by atoms with E-state index < -0.39 is 18.5 Å². The monoisotopic (exact) mass is 407 g/mol. The maximum absolute atomic E-state index is 12.0. The summed E-state index contributed by atoms with van der Waals surface area (Å²) in [4.78, 5) is 30.1. The molecule has 2 aromatic rings. The molecule has 0 radical (unpaired) electrons. The van der Waals surface area contributed by atoms with Gasteiger partial charge in [-0.2, -0.15) is 0 Å². The Morgan fingerprint density at radius 1 is 1.04 bits per heavy atom. The van der Waals surface area contributed by atoms with Crippen LogP contribution in [0.25, 0.3) is 0 Å². The minimum Gasteiger partial charge on any atom is -0.452 e. The lowest BCUT2D eigenvalue weighted by atomic mass is 10.1. The SMILES string of the molecule is O=C(COC(=O)c1cc(Cl)nc(Cl)c1)Nc1ccc(N2CCCCC2)cc1. The van der Waals surface area contributed by atoms with Gasteiger partial charge in [0.2, 0.25) is 0 Å². The Balaban J connectivity index is 1.50. The average molecular weight is 408 g/mol. The van der Waals surface area contributed by atoms with Crippen molar-refractivity contribution in [3.63, 3.8) is 0 Å². The minimum atomic E-state index is -0.697. The first-order chi connectivity index (χ1) is 13.0. The molecule has 0 saturated carbocycles. The lowest BCUT2D eigenvalue weighted by Crippen LogP contribution is -2.29. The van der Waals surface area contributed by atoms with Crippen LogP contribution in [-0.4, -0.2) is 36.6 Å². The predicted molar refractivity (Wildman–Crippen MR) is 106 cm³/mol. The molecule has 1 amide bonds. The molecule has 3 rings (SSSR count). The first kappa shape index (κ1) is 19.5. The number of carbonyl (C=O) groups excluding carboxylic acids is 2. The van der Waals surface area contributed by atoms with Gasteiger partial charge in [-0.05, 0) is 55.7 Å². The quantitative estimate of drug-likeness (QED) is 0.594. The Labute approximate surface area is 167 Å². The van der Waals surface area contributed by atoms with Gasteiger partial charge in [0.25, 0.3) is 5.91 Å². The van der Waals surface area contributed by atoms with Gasteiger partial charge in [0.05, 0.1) is 5.56 Å². The van der Waals surface area contributed by atoms with E-state index in [1.165, 1.54) is 31.4 Å². The van der Waals surface area contributed by atoms with Crippen LogP contribution < -0.4 is 10.2 Å². The van der Waals surface area contributed by atoms with E-state index in [-0.39, 0.29) is 15.9 Å². The van der Waals surface area contributed by atoms with Crippen molar-refractivity contribution < 1.29 is 14.3 Å². The Morgan fingerprint density at radius 3 is 2.30 bits per heavy atom. The molecule has 142 valence electrons. The number of nitrogens with one attached hydrogen (secondary N) is 1. The largest absolute Gasteiger partial charge is 0.452 e. The first-order valence-electron chi connectivity index (χ1n) is 8.66. The minimum absolute atomic E-state index is 0.0766. The van der Waals surface area contributed by atoms with Crippen LogP contribution in [0.4, 0.5) is 11.4 Å². The molecule has 1 aromatic heterocycles. The number of pyridine rings is 1.